The maximum absolute atomic E-state index is 12.3. The van der Waals surface area contributed by atoms with Gasteiger partial charge in [0.2, 0.25) is 0 Å². The second kappa shape index (κ2) is 5.92. The number of hydrogen-bond donors (Lipinski definition) is 1. The van der Waals surface area contributed by atoms with Crippen molar-refractivity contribution in [2.24, 2.45) is 0 Å². The predicted molar refractivity (Wildman–Crippen MR) is 76.2 cm³/mol. The van der Waals surface area contributed by atoms with Crippen molar-refractivity contribution in [3.05, 3.63) is 60.1 Å². The highest BCUT2D eigenvalue weighted by Gasteiger charge is 2.30. The van der Waals surface area contributed by atoms with Crippen LogP contribution >= 0.6 is 0 Å². The molecule has 0 saturated carbocycles. The summed E-state index contributed by atoms with van der Waals surface area (Å²) in [5.74, 6) is 0.502. The third kappa shape index (κ3) is 3.08. The molecule has 1 heterocycles. The molecule has 1 unspecified atom stereocenters. The lowest BCUT2D eigenvalue weighted by atomic mass is 10.0. The van der Waals surface area contributed by atoms with Gasteiger partial charge in [-0.15, -0.1) is 0 Å². The van der Waals surface area contributed by atoms with Crippen molar-refractivity contribution in [3.63, 3.8) is 0 Å². The Bertz CT molecular complexity index is 546. The number of nitrogens with one attached hydrogen (secondary N) is 1. The molecule has 0 aliphatic rings. The van der Waals surface area contributed by atoms with E-state index in [-0.39, 0.29) is 11.9 Å². The highest BCUT2D eigenvalue weighted by molar-refractivity contribution is 5.85. The third-order valence-corrected chi connectivity index (χ3v) is 3.29. The molecule has 2 rings (SSSR count). The monoisotopic (exact) mass is 273 g/mol. The molecule has 106 valence electrons. The molecule has 0 aliphatic heterocycles. The topological polar surface area (TPSA) is 51.5 Å². The largest absolute Gasteiger partial charge is 0.467 e. The van der Waals surface area contributed by atoms with Gasteiger partial charge in [0.1, 0.15) is 17.4 Å². The van der Waals surface area contributed by atoms with Gasteiger partial charge < -0.3 is 14.5 Å². The van der Waals surface area contributed by atoms with Crippen molar-refractivity contribution < 1.29 is 13.9 Å². The molecule has 0 fully saturated rings. The number of amides is 1. The Hall–Kier alpha value is -2.07. The van der Waals surface area contributed by atoms with Crippen molar-refractivity contribution in [3.8, 4) is 0 Å². The summed E-state index contributed by atoms with van der Waals surface area (Å²) in [7, 11) is 1.52. The fourth-order valence-electron chi connectivity index (χ4n) is 1.82. The highest BCUT2D eigenvalue weighted by atomic mass is 16.5. The number of carbonyl (C=O) groups excluding carboxylic acids is 1. The number of methoxy groups -OCH3 is 1. The van der Waals surface area contributed by atoms with Gasteiger partial charge in [-0.1, -0.05) is 30.3 Å². The summed E-state index contributed by atoms with van der Waals surface area (Å²) in [6, 6.07) is 13.0. The Morgan fingerprint density at radius 1 is 1.20 bits per heavy atom. The number of furan rings is 1. The molecule has 4 heteroatoms. The van der Waals surface area contributed by atoms with Gasteiger partial charge >= 0.3 is 0 Å². The Labute approximate surface area is 118 Å². The molecule has 20 heavy (non-hydrogen) atoms. The number of ether oxygens (including phenoxy) is 1. The van der Waals surface area contributed by atoms with Crippen LogP contribution in [0.5, 0.6) is 0 Å². The van der Waals surface area contributed by atoms with Crippen LogP contribution in [0, 0.1) is 0 Å². The zero-order chi connectivity index (χ0) is 14.6. The SMILES string of the molecule is COC(C)(C)C(=O)NC(c1ccccc1)c1ccco1. The number of hydrogen-bond acceptors (Lipinski definition) is 3. The second-order valence-corrected chi connectivity index (χ2v) is 5.05. The first-order valence-electron chi connectivity index (χ1n) is 6.49. The molecule has 1 aromatic heterocycles. The highest BCUT2D eigenvalue weighted by Crippen LogP contribution is 2.23. The zero-order valence-corrected chi connectivity index (χ0v) is 11.9. The molecular weight excluding hydrogens is 254 g/mol. The second-order valence-electron chi connectivity index (χ2n) is 5.05. The number of rotatable bonds is 5. The summed E-state index contributed by atoms with van der Waals surface area (Å²) >= 11 is 0. The molecular formula is C16H19NO3. The molecule has 0 bridgehead atoms. The maximum atomic E-state index is 12.3. The molecule has 0 saturated heterocycles. The summed E-state index contributed by atoms with van der Waals surface area (Å²) in [6.07, 6.45) is 1.60. The summed E-state index contributed by atoms with van der Waals surface area (Å²) in [4.78, 5) is 12.3. The molecule has 1 aromatic carbocycles. The van der Waals surface area contributed by atoms with E-state index in [4.69, 9.17) is 9.15 Å². The van der Waals surface area contributed by atoms with Gasteiger partial charge in [-0.25, -0.2) is 0 Å². The van der Waals surface area contributed by atoms with E-state index >= 15 is 0 Å². The Morgan fingerprint density at radius 2 is 1.90 bits per heavy atom. The summed E-state index contributed by atoms with van der Waals surface area (Å²) < 4.78 is 10.7. The molecule has 0 aliphatic carbocycles. The van der Waals surface area contributed by atoms with Crippen molar-refractivity contribution in [1.29, 1.82) is 0 Å². The summed E-state index contributed by atoms with van der Waals surface area (Å²) in [6.45, 7) is 3.46. The summed E-state index contributed by atoms with van der Waals surface area (Å²) in [5.41, 5.74) is 0.0716. The normalized spacial score (nSPS) is 12.9. The first-order valence-corrected chi connectivity index (χ1v) is 6.49. The van der Waals surface area contributed by atoms with Crippen LogP contribution in [0.1, 0.15) is 31.2 Å². The first kappa shape index (κ1) is 14.3. The summed E-state index contributed by atoms with van der Waals surface area (Å²) in [5, 5.41) is 2.97. The van der Waals surface area contributed by atoms with Crippen LogP contribution in [-0.4, -0.2) is 18.6 Å². The van der Waals surface area contributed by atoms with Crippen LogP contribution in [-0.2, 0) is 9.53 Å². The number of benzene rings is 1. The van der Waals surface area contributed by atoms with Gasteiger partial charge in [-0.2, -0.15) is 0 Å². The van der Waals surface area contributed by atoms with Crippen LogP contribution in [0.25, 0.3) is 0 Å². The average molecular weight is 273 g/mol. The van der Waals surface area contributed by atoms with Crippen molar-refractivity contribution >= 4 is 5.91 Å². The van der Waals surface area contributed by atoms with E-state index in [2.05, 4.69) is 5.32 Å². The molecule has 1 amide bonds. The van der Waals surface area contributed by atoms with E-state index < -0.39 is 5.60 Å². The van der Waals surface area contributed by atoms with Crippen LogP contribution in [0.3, 0.4) is 0 Å². The van der Waals surface area contributed by atoms with Gasteiger partial charge in [0.25, 0.3) is 5.91 Å². The maximum Gasteiger partial charge on any atom is 0.252 e. The Balaban J connectivity index is 2.28. The molecule has 0 radical (unpaired) electrons. The van der Waals surface area contributed by atoms with E-state index in [0.717, 1.165) is 5.56 Å². The van der Waals surface area contributed by atoms with Crippen LogP contribution < -0.4 is 5.32 Å². The van der Waals surface area contributed by atoms with Gasteiger partial charge in [0, 0.05) is 7.11 Å². The minimum atomic E-state index is -0.889. The van der Waals surface area contributed by atoms with E-state index in [0.29, 0.717) is 5.76 Å². The Kier molecular flexibility index (Phi) is 4.25. The van der Waals surface area contributed by atoms with E-state index in [9.17, 15) is 4.79 Å². The van der Waals surface area contributed by atoms with Crippen LogP contribution in [0.2, 0.25) is 0 Å². The van der Waals surface area contributed by atoms with Crippen molar-refractivity contribution in [2.75, 3.05) is 7.11 Å². The lowest BCUT2D eigenvalue weighted by Crippen LogP contribution is -2.45. The minimum Gasteiger partial charge on any atom is -0.467 e. The predicted octanol–water partition coefficient (Wildman–Crippen LogP) is 2.91. The van der Waals surface area contributed by atoms with Crippen LogP contribution in [0.15, 0.2) is 53.1 Å². The van der Waals surface area contributed by atoms with E-state index in [1.165, 1.54) is 7.11 Å². The van der Waals surface area contributed by atoms with E-state index in [1.807, 2.05) is 36.4 Å². The molecule has 4 nitrogen and oxygen atoms in total. The molecule has 1 N–H and O–H groups in total. The van der Waals surface area contributed by atoms with Gasteiger partial charge in [0.15, 0.2) is 0 Å². The first-order chi connectivity index (χ1) is 9.54. The number of carbonyl (C=O) groups is 1. The minimum absolute atomic E-state index is 0.190. The lowest BCUT2D eigenvalue weighted by Gasteiger charge is -2.25. The van der Waals surface area contributed by atoms with Gasteiger partial charge in [-0.3, -0.25) is 4.79 Å². The average Bonchev–Trinajstić information content (AvgIpc) is 2.99. The molecule has 1 atom stereocenters. The fraction of sp³-hybridized carbons (Fsp3) is 0.312. The van der Waals surface area contributed by atoms with Gasteiger partial charge in [-0.05, 0) is 31.5 Å². The van der Waals surface area contributed by atoms with Crippen LogP contribution in [0.4, 0.5) is 0 Å². The quantitative estimate of drug-likeness (QED) is 0.911. The Morgan fingerprint density at radius 3 is 2.45 bits per heavy atom. The van der Waals surface area contributed by atoms with Crippen molar-refractivity contribution in [2.45, 2.75) is 25.5 Å². The lowest BCUT2D eigenvalue weighted by molar-refractivity contribution is -0.140. The van der Waals surface area contributed by atoms with E-state index in [1.54, 1.807) is 26.2 Å². The third-order valence-electron chi connectivity index (χ3n) is 3.29. The van der Waals surface area contributed by atoms with Crippen molar-refractivity contribution in [1.82, 2.24) is 5.32 Å². The molecule has 2 aromatic rings. The molecule has 0 spiro atoms. The zero-order valence-electron chi connectivity index (χ0n) is 11.9. The smallest absolute Gasteiger partial charge is 0.252 e. The fourth-order valence-corrected chi connectivity index (χ4v) is 1.82. The standard InChI is InChI=1S/C16H19NO3/c1-16(2,19-3)15(18)17-14(13-10-7-11-20-13)12-8-5-4-6-9-12/h4-11,14H,1-3H3,(H,17,18). The van der Waals surface area contributed by atoms with Gasteiger partial charge in [0.05, 0.1) is 6.26 Å².